The Bertz CT molecular complexity index is 100. The Morgan fingerprint density at radius 3 is 2.00 bits per heavy atom. The van der Waals surface area contributed by atoms with Crippen LogP contribution >= 0.6 is 0 Å². The van der Waals surface area contributed by atoms with Gasteiger partial charge in [0.1, 0.15) is 0 Å². The molecule has 0 unspecified atom stereocenters. The second kappa shape index (κ2) is 3.48. The normalized spacial score (nSPS) is 14.5. The van der Waals surface area contributed by atoms with Crippen LogP contribution in [0.2, 0.25) is 0 Å². The Balaban J connectivity index is 4.04. The van der Waals surface area contributed by atoms with Crippen molar-refractivity contribution in [3.63, 3.8) is 0 Å². The van der Waals surface area contributed by atoms with Gasteiger partial charge in [-0.15, -0.1) is 0 Å². The van der Waals surface area contributed by atoms with Crippen LogP contribution in [0.4, 0.5) is 0 Å². The molecular formula is C8H13. The fourth-order valence-corrected chi connectivity index (χ4v) is 0.414. The van der Waals surface area contributed by atoms with E-state index in [0.717, 1.165) is 0 Å². The van der Waals surface area contributed by atoms with E-state index in [9.17, 15) is 0 Å². The summed E-state index contributed by atoms with van der Waals surface area (Å²) in [4.78, 5) is 0. The summed E-state index contributed by atoms with van der Waals surface area (Å²) in [6.07, 6.45) is 5.15. The molecule has 0 aliphatic rings. The molecule has 0 heterocycles. The summed E-state index contributed by atoms with van der Waals surface area (Å²) in [6, 6.07) is 0. The van der Waals surface area contributed by atoms with Crippen molar-refractivity contribution in [1.29, 1.82) is 0 Å². The Morgan fingerprint density at radius 1 is 1.38 bits per heavy atom. The molecule has 0 rings (SSSR count). The molecule has 0 heteroatoms. The van der Waals surface area contributed by atoms with E-state index in [2.05, 4.69) is 26.0 Å². The first-order chi connectivity index (χ1) is 3.72. The van der Waals surface area contributed by atoms with Gasteiger partial charge in [0.25, 0.3) is 0 Å². The van der Waals surface area contributed by atoms with Crippen molar-refractivity contribution in [2.75, 3.05) is 0 Å². The lowest BCUT2D eigenvalue weighted by Crippen LogP contribution is -1.75. The highest BCUT2D eigenvalue weighted by Crippen LogP contribution is 2.04. The number of hydrogen-bond acceptors (Lipinski definition) is 0. The number of rotatable bonds is 1. The van der Waals surface area contributed by atoms with Crippen LogP contribution in [0.15, 0.2) is 17.2 Å². The average Bonchev–Trinajstić information content (AvgIpc) is 1.84. The fourth-order valence-electron chi connectivity index (χ4n) is 0.414. The number of hydrogen-bond donors (Lipinski definition) is 0. The first-order valence-electron chi connectivity index (χ1n) is 2.87. The lowest BCUT2D eigenvalue weighted by molar-refractivity contribution is 1.29. The molecular weight excluding hydrogens is 96.1 g/mol. The van der Waals surface area contributed by atoms with E-state index in [0.29, 0.717) is 0 Å². The Morgan fingerprint density at radius 2 is 1.88 bits per heavy atom. The second-order valence-corrected chi connectivity index (χ2v) is 1.85. The quantitative estimate of drug-likeness (QED) is 0.454. The molecule has 0 aliphatic heterocycles. The van der Waals surface area contributed by atoms with Crippen LogP contribution in [0.1, 0.15) is 27.7 Å². The van der Waals surface area contributed by atoms with E-state index in [-0.39, 0.29) is 0 Å². The minimum Gasteiger partial charge on any atom is -0.0844 e. The highest BCUT2D eigenvalue weighted by molar-refractivity contribution is 5.23. The molecule has 0 bridgehead atoms. The van der Waals surface area contributed by atoms with E-state index < -0.39 is 0 Å². The van der Waals surface area contributed by atoms with Gasteiger partial charge in [0.2, 0.25) is 0 Å². The smallest absolute Gasteiger partial charge is 0.0392 e. The van der Waals surface area contributed by atoms with Gasteiger partial charge in [-0.05, 0) is 39.3 Å². The minimum atomic E-state index is 1.24. The van der Waals surface area contributed by atoms with Gasteiger partial charge in [0, 0.05) is 0 Å². The summed E-state index contributed by atoms with van der Waals surface area (Å²) >= 11 is 0. The maximum absolute atomic E-state index is 3.06. The van der Waals surface area contributed by atoms with Gasteiger partial charge in [0.15, 0.2) is 0 Å². The van der Waals surface area contributed by atoms with Gasteiger partial charge in [-0.1, -0.05) is 11.6 Å². The van der Waals surface area contributed by atoms with Gasteiger partial charge in [-0.3, -0.25) is 0 Å². The molecule has 0 N–H and O–H groups in total. The minimum absolute atomic E-state index is 1.24. The third kappa shape index (κ3) is 1.97. The van der Waals surface area contributed by atoms with Crippen LogP contribution in [0.5, 0.6) is 0 Å². The topological polar surface area (TPSA) is 0 Å². The van der Waals surface area contributed by atoms with Crippen molar-refractivity contribution in [3.05, 3.63) is 23.3 Å². The van der Waals surface area contributed by atoms with E-state index in [1.54, 1.807) is 0 Å². The van der Waals surface area contributed by atoms with Crippen molar-refractivity contribution in [2.45, 2.75) is 27.7 Å². The molecule has 0 aliphatic carbocycles. The maximum Gasteiger partial charge on any atom is -0.0392 e. The Hall–Kier alpha value is -0.520. The molecule has 0 atom stereocenters. The summed E-state index contributed by atoms with van der Waals surface area (Å²) in [5.74, 6) is 0. The van der Waals surface area contributed by atoms with Crippen LogP contribution in [-0.4, -0.2) is 0 Å². The van der Waals surface area contributed by atoms with E-state index in [4.69, 9.17) is 0 Å². The summed E-state index contributed by atoms with van der Waals surface area (Å²) in [6.45, 7) is 8.12. The van der Waals surface area contributed by atoms with E-state index >= 15 is 0 Å². The molecule has 0 spiro atoms. The highest BCUT2D eigenvalue weighted by Gasteiger charge is 1.85. The first-order valence-corrected chi connectivity index (χ1v) is 2.87. The van der Waals surface area contributed by atoms with Crippen molar-refractivity contribution in [1.82, 2.24) is 0 Å². The van der Waals surface area contributed by atoms with Crippen LogP contribution in [-0.2, 0) is 0 Å². The predicted octanol–water partition coefficient (Wildman–Crippen LogP) is 2.72. The molecule has 8 heavy (non-hydrogen) atoms. The standard InChI is InChI=1S/C8H13/c1-5-7(3)8(4)6-2/h5H,1-4H3/b7-5+,8-6?. The monoisotopic (exact) mass is 109 g/mol. The highest BCUT2D eigenvalue weighted by atomic mass is 13.9. The first kappa shape index (κ1) is 7.48. The predicted molar refractivity (Wildman–Crippen MR) is 37.5 cm³/mol. The molecule has 0 aromatic rings. The third-order valence-corrected chi connectivity index (χ3v) is 1.40. The molecule has 0 aromatic heterocycles. The largest absolute Gasteiger partial charge is 0.0844 e. The van der Waals surface area contributed by atoms with Gasteiger partial charge < -0.3 is 0 Å². The molecule has 0 aromatic carbocycles. The summed E-state index contributed by atoms with van der Waals surface area (Å²) in [5.41, 5.74) is 2.56. The van der Waals surface area contributed by atoms with E-state index in [1.165, 1.54) is 11.1 Å². The zero-order valence-electron chi connectivity index (χ0n) is 6.08. The van der Waals surface area contributed by atoms with Crippen LogP contribution in [0, 0.1) is 6.08 Å². The van der Waals surface area contributed by atoms with Gasteiger partial charge in [-0.2, -0.15) is 0 Å². The van der Waals surface area contributed by atoms with Crippen molar-refractivity contribution < 1.29 is 0 Å². The Kier molecular flexibility index (Phi) is 3.25. The van der Waals surface area contributed by atoms with E-state index in [1.807, 2.05) is 13.8 Å². The van der Waals surface area contributed by atoms with Crippen molar-refractivity contribution >= 4 is 0 Å². The number of allylic oxidation sites excluding steroid dienone is 4. The van der Waals surface area contributed by atoms with Gasteiger partial charge in [-0.25, -0.2) is 0 Å². The van der Waals surface area contributed by atoms with Gasteiger partial charge >= 0.3 is 0 Å². The average molecular weight is 109 g/mol. The SMILES string of the molecule is C/[C]=C(C)\C(C)=C\C. The lowest BCUT2D eigenvalue weighted by Gasteiger charge is -1.94. The molecule has 0 fully saturated rings. The molecule has 0 nitrogen and oxygen atoms in total. The van der Waals surface area contributed by atoms with Crippen LogP contribution in [0.25, 0.3) is 0 Å². The van der Waals surface area contributed by atoms with Crippen molar-refractivity contribution in [2.24, 2.45) is 0 Å². The van der Waals surface area contributed by atoms with Crippen molar-refractivity contribution in [3.8, 4) is 0 Å². The summed E-state index contributed by atoms with van der Waals surface area (Å²) in [7, 11) is 0. The molecule has 45 valence electrons. The maximum atomic E-state index is 3.06. The summed E-state index contributed by atoms with van der Waals surface area (Å²) < 4.78 is 0. The Labute approximate surface area is 51.9 Å². The molecule has 0 saturated carbocycles. The van der Waals surface area contributed by atoms with Crippen LogP contribution in [0.3, 0.4) is 0 Å². The molecule has 0 amide bonds. The fraction of sp³-hybridized carbons (Fsp3) is 0.500. The second-order valence-electron chi connectivity index (χ2n) is 1.85. The third-order valence-electron chi connectivity index (χ3n) is 1.40. The molecule has 0 saturated heterocycles. The zero-order valence-corrected chi connectivity index (χ0v) is 6.08. The summed E-state index contributed by atoms with van der Waals surface area (Å²) in [5, 5.41) is 0. The zero-order chi connectivity index (χ0) is 6.57. The molecule has 1 radical (unpaired) electrons. The lowest BCUT2D eigenvalue weighted by atomic mass is 10.1. The van der Waals surface area contributed by atoms with Crippen LogP contribution < -0.4 is 0 Å². The van der Waals surface area contributed by atoms with Gasteiger partial charge in [0.05, 0.1) is 0 Å².